The predicted octanol–water partition coefficient (Wildman–Crippen LogP) is -9.76. The second-order valence-corrected chi connectivity index (χ2v) is 7.03. The molecular formula is C22H37NNa3O10-. The molecule has 0 aromatic carbocycles. The van der Waals surface area contributed by atoms with Gasteiger partial charge in [-0.15, -0.1) is 5.92 Å². The molecular weight excluding hydrogens is 507 g/mol. The minimum absolute atomic E-state index is 0. The Morgan fingerprint density at radius 3 is 1.61 bits per heavy atom. The topological polar surface area (TPSA) is 192 Å². The second-order valence-electron chi connectivity index (χ2n) is 7.03. The predicted molar refractivity (Wildman–Crippen MR) is 115 cm³/mol. The number of amides is 1. The van der Waals surface area contributed by atoms with Crippen LogP contribution in [0, 0.1) is 23.7 Å². The van der Waals surface area contributed by atoms with Gasteiger partial charge in [0, 0.05) is 36.8 Å². The summed E-state index contributed by atoms with van der Waals surface area (Å²) in [5.74, 6) is -6.52. The number of esters is 1. The summed E-state index contributed by atoms with van der Waals surface area (Å²) >= 11 is 0. The number of nitrogens with one attached hydrogen (secondary N) is 1. The second kappa shape index (κ2) is 33.2. The molecule has 0 saturated carbocycles. The maximum absolute atomic E-state index is 11.3. The summed E-state index contributed by atoms with van der Waals surface area (Å²) in [6.45, 7) is 13.5. The van der Waals surface area contributed by atoms with E-state index in [4.69, 9.17) is 9.47 Å². The molecule has 194 valence electrons. The Morgan fingerprint density at radius 1 is 0.944 bits per heavy atom. The van der Waals surface area contributed by atoms with E-state index < -0.39 is 41.6 Å². The van der Waals surface area contributed by atoms with Crippen molar-refractivity contribution in [1.82, 2.24) is 5.32 Å². The van der Waals surface area contributed by atoms with Crippen LogP contribution in [0.15, 0.2) is 12.7 Å². The van der Waals surface area contributed by atoms with Crippen molar-refractivity contribution < 1.29 is 138 Å². The molecule has 0 bridgehead atoms. The third-order valence-electron chi connectivity index (χ3n) is 4.61. The summed E-state index contributed by atoms with van der Waals surface area (Å²) in [6, 6.07) is 0. The molecule has 0 radical (unpaired) electrons. The van der Waals surface area contributed by atoms with E-state index in [1.807, 2.05) is 0 Å². The summed E-state index contributed by atoms with van der Waals surface area (Å²) in [6.07, 6.45) is 4.41. The molecule has 0 fully saturated rings. The van der Waals surface area contributed by atoms with Crippen molar-refractivity contribution in [2.45, 2.75) is 54.1 Å². The molecule has 0 heterocycles. The smallest absolute Gasteiger partial charge is 0.870 e. The fourth-order valence-corrected chi connectivity index (χ4v) is 1.41. The number of methoxy groups -OCH3 is 1. The van der Waals surface area contributed by atoms with E-state index in [0.717, 1.165) is 12.5 Å². The molecule has 0 rings (SSSR count). The van der Waals surface area contributed by atoms with Crippen LogP contribution in [0.3, 0.4) is 0 Å². The molecule has 1 amide bonds. The number of hydrogen-bond donors (Lipinski definition) is 1. The van der Waals surface area contributed by atoms with Crippen LogP contribution in [0.2, 0.25) is 0 Å². The van der Waals surface area contributed by atoms with Gasteiger partial charge in [0.15, 0.2) is 0 Å². The Morgan fingerprint density at radius 2 is 1.36 bits per heavy atom. The van der Waals surface area contributed by atoms with E-state index in [1.54, 1.807) is 27.2 Å². The Balaban J connectivity index is -0.0000000732. The van der Waals surface area contributed by atoms with Crippen molar-refractivity contribution in [2.24, 2.45) is 23.7 Å². The molecule has 0 aliphatic carbocycles. The van der Waals surface area contributed by atoms with Gasteiger partial charge in [-0.05, 0) is 19.4 Å². The molecule has 0 saturated heterocycles. The zero-order chi connectivity index (χ0) is 25.9. The number of hydrogen-bond acceptors (Lipinski definition) is 10. The average molecular weight is 545 g/mol. The molecule has 0 aromatic rings. The molecule has 5 atom stereocenters. The van der Waals surface area contributed by atoms with Gasteiger partial charge in [-0.2, -0.15) is 0 Å². The third kappa shape index (κ3) is 30.4. The van der Waals surface area contributed by atoms with Crippen LogP contribution in [0.5, 0.6) is 0 Å². The van der Waals surface area contributed by atoms with Crippen molar-refractivity contribution in [3.05, 3.63) is 12.7 Å². The Bertz CT molecular complexity index is 587. The third-order valence-corrected chi connectivity index (χ3v) is 4.61. The Labute approximate surface area is 281 Å². The molecule has 2 N–H and O–H groups in total. The maximum Gasteiger partial charge on any atom is 1.00 e. The normalized spacial score (nSPS) is 12.8. The number of carbonyl (C=O) groups is 4. The zero-order valence-corrected chi connectivity index (χ0v) is 29.4. The summed E-state index contributed by atoms with van der Waals surface area (Å²) in [7, 11) is 1.73. The summed E-state index contributed by atoms with van der Waals surface area (Å²) in [5.41, 5.74) is 0. The minimum Gasteiger partial charge on any atom is -0.870 e. The van der Waals surface area contributed by atoms with Crippen molar-refractivity contribution in [3.63, 3.8) is 0 Å². The summed E-state index contributed by atoms with van der Waals surface area (Å²) in [4.78, 5) is 52.4. The first-order valence-corrected chi connectivity index (χ1v) is 10.2. The number of carbonyl (C=O) groups excluding carboxylic acids is 5. The molecule has 0 aromatic heterocycles. The maximum atomic E-state index is 11.3. The van der Waals surface area contributed by atoms with Gasteiger partial charge in [-0.25, -0.2) is 0 Å². The fourth-order valence-electron chi connectivity index (χ4n) is 1.41. The molecule has 0 aliphatic rings. The van der Waals surface area contributed by atoms with Crippen LogP contribution < -0.4 is 104 Å². The first kappa shape index (κ1) is 52.6. The Hall–Kier alpha value is 0.210. The van der Waals surface area contributed by atoms with Gasteiger partial charge in [0.05, 0.1) is 12.6 Å². The number of rotatable bonds is 12. The van der Waals surface area contributed by atoms with Gasteiger partial charge in [0.25, 0.3) is 0 Å². The monoisotopic (exact) mass is 544 g/mol. The van der Waals surface area contributed by atoms with Gasteiger partial charge < -0.3 is 44.9 Å². The SMILES string of the molecule is C=CC(=O)NCCOC(=O)C(C)C(C)[C-]=O.CC(C(=O)[O-])C(C)C(=O)[O-].CCC(C)OC.[Na+].[Na+].[Na+].[OH-]. The van der Waals surface area contributed by atoms with E-state index in [2.05, 4.69) is 25.7 Å². The molecule has 0 aliphatic heterocycles. The molecule has 5 unspecified atom stereocenters. The van der Waals surface area contributed by atoms with Gasteiger partial charge >= 0.3 is 94.6 Å². The van der Waals surface area contributed by atoms with Crippen molar-refractivity contribution >= 4 is 30.1 Å². The Kier molecular flexibility index (Phi) is 48.6. The van der Waals surface area contributed by atoms with Crippen molar-refractivity contribution in [1.29, 1.82) is 0 Å². The zero-order valence-electron chi connectivity index (χ0n) is 23.4. The number of aliphatic carboxylic acids is 2. The van der Waals surface area contributed by atoms with Crippen molar-refractivity contribution in [2.75, 3.05) is 20.3 Å². The van der Waals surface area contributed by atoms with Gasteiger partial charge in [0.2, 0.25) is 5.91 Å². The molecule has 11 nitrogen and oxygen atoms in total. The fraction of sp³-hybridized carbons (Fsp3) is 0.682. The summed E-state index contributed by atoms with van der Waals surface area (Å²) < 4.78 is 9.75. The summed E-state index contributed by atoms with van der Waals surface area (Å²) in [5, 5.41) is 22.5. The number of ether oxygens (including phenoxy) is 2. The van der Waals surface area contributed by atoms with Crippen LogP contribution in [-0.2, 0) is 33.4 Å². The van der Waals surface area contributed by atoms with E-state index in [-0.39, 0.29) is 113 Å². The van der Waals surface area contributed by atoms with E-state index in [9.17, 15) is 34.2 Å². The van der Waals surface area contributed by atoms with Crippen LogP contribution in [0.4, 0.5) is 0 Å². The minimum atomic E-state index is -1.36. The average Bonchev–Trinajstić information content (AvgIpc) is 2.79. The number of carboxylic acid groups (broad SMARTS) is 2. The first-order chi connectivity index (χ1) is 14.8. The van der Waals surface area contributed by atoms with Crippen LogP contribution in [-0.4, -0.2) is 61.9 Å². The van der Waals surface area contributed by atoms with Crippen LogP contribution in [0.25, 0.3) is 0 Å². The van der Waals surface area contributed by atoms with E-state index >= 15 is 0 Å². The van der Waals surface area contributed by atoms with Crippen molar-refractivity contribution in [3.8, 4) is 0 Å². The van der Waals surface area contributed by atoms with Crippen LogP contribution in [0.1, 0.15) is 48.0 Å². The van der Waals surface area contributed by atoms with Gasteiger partial charge in [-0.1, -0.05) is 41.2 Å². The molecule has 36 heavy (non-hydrogen) atoms. The largest absolute Gasteiger partial charge is 1.00 e. The molecule has 0 spiro atoms. The van der Waals surface area contributed by atoms with Gasteiger partial charge in [0.1, 0.15) is 6.61 Å². The molecule has 14 heteroatoms. The van der Waals surface area contributed by atoms with Crippen LogP contribution >= 0.6 is 0 Å². The van der Waals surface area contributed by atoms with E-state index in [0.29, 0.717) is 6.10 Å². The standard InChI is InChI=1S/C11H16NO4.C6H10O4.C5H12O.3Na.H2O/c1-4-10(14)12-5-6-16-11(15)9(3)8(2)7-13;1-3(5(7)8)4(2)6(9)10;1-4-5(2)6-3;;;;/h4,8-9H,1,5-6H2,2-3H3,(H,12,14);3-4H,1-2H3,(H,7,8)(H,9,10);5H,4H2,1-3H3;;;;1H2/q-1;;;3*+1;/p-3. The quantitative estimate of drug-likeness (QED) is 0.0811. The first-order valence-electron chi connectivity index (χ1n) is 10.2. The van der Waals surface area contributed by atoms with E-state index in [1.165, 1.54) is 13.8 Å². The number of carboxylic acids is 2. The van der Waals surface area contributed by atoms with Gasteiger partial charge in [-0.3, -0.25) is 15.9 Å².